The average molecular weight is 545 g/mol. The average Bonchev–Trinajstić information content (AvgIpc) is 3.07. The van der Waals surface area contributed by atoms with Crippen molar-refractivity contribution in [2.45, 2.75) is 0 Å². The number of benzene rings is 9. The fourth-order valence-electron chi connectivity index (χ4n) is 7.50. The van der Waals surface area contributed by atoms with Crippen LogP contribution in [-0.2, 0) is 0 Å². The fraction of sp³-hybridized carbons (Fsp3) is 0. The Labute approximate surface area is 248 Å². The van der Waals surface area contributed by atoms with E-state index in [2.05, 4.69) is 146 Å². The minimum atomic E-state index is 0.902. The van der Waals surface area contributed by atoms with Crippen LogP contribution in [0.4, 0.5) is 0 Å². The molecule has 0 N–H and O–H groups in total. The van der Waals surface area contributed by atoms with Gasteiger partial charge in [-0.2, -0.15) is 0 Å². The Hall–Kier alpha value is -5.66. The monoisotopic (exact) mass is 544 g/mol. The lowest BCUT2D eigenvalue weighted by molar-refractivity contribution is 0.487. The second kappa shape index (κ2) is 8.44. The van der Waals surface area contributed by atoms with Crippen molar-refractivity contribution < 1.29 is 4.74 Å². The first kappa shape index (κ1) is 23.0. The van der Waals surface area contributed by atoms with Crippen LogP contribution in [-0.4, -0.2) is 0 Å². The molecule has 1 heterocycles. The van der Waals surface area contributed by atoms with E-state index >= 15 is 0 Å². The Morgan fingerprint density at radius 2 is 0.977 bits per heavy atom. The van der Waals surface area contributed by atoms with Gasteiger partial charge in [-0.1, -0.05) is 127 Å². The van der Waals surface area contributed by atoms with E-state index in [9.17, 15) is 0 Å². The highest BCUT2D eigenvalue weighted by atomic mass is 16.5. The predicted octanol–water partition coefficient (Wildman–Crippen LogP) is 12.0. The molecule has 9 aromatic rings. The van der Waals surface area contributed by atoms with E-state index in [1.165, 1.54) is 81.7 Å². The van der Waals surface area contributed by atoms with Gasteiger partial charge in [0.25, 0.3) is 0 Å². The van der Waals surface area contributed by atoms with E-state index in [-0.39, 0.29) is 0 Å². The quantitative estimate of drug-likeness (QED) is 0.197. The van der Waals surface area contributed by atoms with Gasteiger partial charge >= 0.3 is 0 Å². The molecule has 1 aliphatic rings. The van der Waals surface area contributed by atoms with Crippen molar-refractivity contribution in [3.63, 3.8) is 0 Å². The highest BCUT2D eigenvalue weighted by molar-refractivity contribution is 6.26. The standard InChI is InChI=1S/C42H24O/c1-2-11-31-25(6-1)16-21-34(32-20-17-29-15-14-27-7-3-8-28-18-22-35(32)42(29)39(27)28)40(31)30-19-23-37-36(24-30)33-12-4-9-26-10-5-13-38(43-37)41(26)33/h1-24H. The van der Waals surface area contributed by atoms with Crippen molar-refractivity contribution in [2.24, 2.45) is 0 Å². The van der Waals surface area contributed by atoms with Gasteiger partial charge in [-0.05, 0) is 94.5 Å². The van der Waals surface area contributed by atoms with Crippen LogP contribution >= 0.6 is 0 Å². The SMILES string of the molecule is c1ccc2c(-c3ccc4c(c3)-c3cccc5cccc(c35)O4)c(-c3ccc4ccc5cccc6ccc3c4c56)ccc2c1. The highest BCUT2D eigenvalue weighted by Gasteiger charge is 2.22. The van der Waals surface area contributed by atoms with Gasteiger partial charge < -0.3 is 4.74 Å². The fourth-order valence-corrected chi connectivity index (χ4v) is 7.50. The molecule has 198 valence electrons. The van der Waals surface area contributed by atoms with Crippen LogP contribution in [0.15, 0.2) is 146 Å². The Morgan fingerprint density at radius 1 is 0.326 bits per heavy atom. The number of hydrogen-bond acceptors (Lipinski definition) is 1. The second-order valence-electron chi connectivity index (χ2n) is 11.7. The van der Waals surface area contributed by atoms with E-state index in [0.717, 1.165) is 17.1 Å². The van der Waals surface area contributed by atoms with E-state index in [1.807, 2.05) is 0 Å². The molecule has 0 aromatic heterocycles. The summed E-state index contributed by atoms with van der Waals surface area (Å²) in [7, 11) is 0. The summed E-state index contributed by atoms with van der Waals surface area (Å²) in [6, 6.07) is 53.2. The summed E-state index contributed by atoms with van der Waals surface area (Å²) >= 11 is 0. The van der Waals surface area contributed by atoms with Gasteiger partial charge in [-0.25, -0.2) is 0 Å². The summed E-state index contributed by atoms with van der Waals surface area (Å²) in [5.74, 6) is 1.83. The normalized spacial score (nSPS) is 12.4. The molecule has 1 heteroatoms. The first-order valence-corrected chi connectivity index (χ1v) is 14.8. The summed E-state index contributed by atoms with van der Waals surface area (Å²) in [6.45, 7) is 0. The summed E-state index contributed by atoms with van der Waals surface area (Å²) in [6.07, 6.45) is 0. The second-order valence-corrected chi connectivity index (χ2v) is 11.7. The van der Waals surface area contributed by atoms with Crippen molar-refractivity contribution in [3.8, 4) is 44.9 Å². The zero-order valence-corrected chi connectivity index (χ0v) is 23.3. The van der Waals surface area contributed by atoms with Crippen molar-refractivity contribution >= 4 is 53.9 Å². The minimum absolute atomic E-state index is 0.902. The third kappa shape index (κ3) is 3.17. The largest absolute Gasteiger partial charge is 0.456 e. The van der Waals surface area contributed by atoms with Gasteiger partial charge in [-0.15, -0.1) is 0 Å². The Kier molecular flexibility index (Phi) is 4.51. The van der Waals surface area contributed by atoms with E-state index < -0.39 is 0 Å². The van der Waals surface area contributed by atoms with E-state index in [4.69, 9.17) is 4.74 Å². The zero-order valence-electron chi connectivity index (χ0n) is 23.3. The molecule has 0 spiro atoms. The number of hydrogen-bond donors (Lipinski definition) is 0. The molecule has 1 aliphatic heterocycles. The molecule has 10 rings (SSSR count). The van der Waals surface area contributed by atoms with Crippen molar-refractivity contribution in [1.29, 1.82) is 0 Å². The minimum Gasteiger partial charge on any atom is -0.456 e. The molecular formula is C42H24O. The smallest absolute Gasteiger partial charge is 0.135 e. The molecule has 0 unspecified atom stereocenters. The van der Waals surface area contributed by atoms with Crippen molar-refractivity contribution in [1.82, 2.24) is 0 Å². The van der Waals surface area contributed by atoms with Crippen molar-refractivity contribution in [3.05, 3.63) is 146 Å². The lowest BCUT2D eigenvalue weighted by Crippen LogP contribution is -1.98. The number of rotatable bonds is 2. The van der Waals surface area contributed by atoms with Gasteiger partial charge in [0.05, 0.1) is 0 Å². The molecule has 0 saturated carbocycles. The molecular weight excluding hydrogens is 520 g/mol. The van der Waals surface area contributed by atoms with Gasteiger partial charge in [0, 0.05) is 10.9 Å². The van der Waals surface area contributed by atoms with Gasteiger partial charge in [0.1, 0.15) is 11.5 Å². The van der Waals surface area contributed by atoms with Crippen LogP contribution in [0.2, 0.25) is 0 Å². The third-order valence-electron chi connectivity index (χ3n) is 9.39. The molecule has 0 amide bonds. The molecule has 1 nitrogen and oxygen atoms in total. The van der Waals surface area contributed by atoms with Crippen LogP contribution in [0, 0.1) is 0 Å². The topological polar surface area (TPSA) is 9.23 Å². The summed E-state index contributed by atoms with van der Waals surface area (Å²) in [5, 5.41) is 12.7. The Morgan fingerprint density at radius 3 is 1.86 bits per heavy atom. The predicted molar refractivity (Wildman–Crippen MR) is 182 cm³/mol. The van der Waals surface area contributed by atoms with Gasteiger partial charge in [0.2, 0.25) is 0 Å². The molecule has 0 fully saturated rings. The maximum absolute atomic E-state index is 6.47. The molecule has 0 aliphatic carbocycles. The van der Waals surface area contributed by atoms with E-state index in [0.29, 0.717) is 0 Å². The maximum atomic E-state index is 6.47. The van der Waals surface area contributed by atoms with Crippen LogP contribution in [0.1, 0.15) is 0 Å². The first-order chi connectivity index (χ1) is 21.3. The lowest BCUT2D eigenvalue weighted by Gasteiger charge is -2.23. The highest BCUT2D eigenvalue weighted by Crippen LogP contribution is 2.50. The molecule has 0 radical (unpaired) electrons. The Bertz CT molecular complexity index is 2570. The van der Waals surface area contributed by atoms with Gasteiger partial charge in [0.15, 0.2) is 0 Å². The van der Waals surface area contributed by atoms with Crippen molar-refractivity contribution in [2.75, 3.05) is 0 Å². The lowest BCUT2D eigenvalue weighted by atomic mass is 9.84. The van der Waals surface area contributed by atoms with Gasteiger partial charge in [-0.3, -0.25) is 0 Å². The first-order valence-electron chi connectivity index (χ1n) is 14.8. The zero-order chi connectivity index (χ0) is 28.1. The third-order valence-corrected chi connectivity index (χ3v) is 9.39. The molecule has 0 saturated heterocycles. The number of fused-ring (bicyclic) bond motifs is 3. The van der Waals surface area contributed by atoms with E-state index in [1.54, 1.807) is 0 Å². The Balaban J connectivity index is 1.29. The van der Waals surface area contributed by atoms with Crippen LogP contribution < -0.4 is 4.74 Å². The molecule has 0 atom stereocenters. The van der Waals surface area contributed by atoms with Crippen LogP contribution in [0.5, 0.6) is 11.5 Å². The molecule has 9 aromatic carbocycles. The summed E-state index contributed by atoms with van der Waals surface area (Å²) in [5.41, 5.74) is 7.30. The van der Waals surface area contributed by atoms with Crippen LogP contribution in [0.3, 0.4) is 0 Å². The maximum Gasteiger partial charge on any atom is 0.135 e. The number of ether oxygens (including phenoxy) is 1. The molecule has 43 heavy (non-hydrogen) atoms. The molecule has 0 bridgehead atoms. The van der Waals surface area contributed by atoms with Crippen LogP contribution in [0.25, 0.3) is 87.2 Å². The summed E-state index contributed by atoms with van der Waals surface area (Å²) < 4.78 is 6.47. The summed E-state index contributed by atoms with van der Waals surface area (Å²) in [4.78, 5) is 0.